The summed E-state index contributed by atoms with van der Waals surface area (Å²) in [5.41, 5.74) is -1.15. The highest BCUT2D eigenvalue weighted by molar-refractivity contribution is 9.09. The molecule has 0 spiro atoms. The highest BCUT2D eigenvalue weighted by Gasteiger charge is 2.41. The number of carbonyl (C=O) groups excluding carboxylic acids is 3. The molecular formula is C19H34BrNO7S. The summed E-state index contributed by atoms with van der Waals surface area (Å²) in [7, 11) is 2.89. The molecule has 0 heterocycles. The Morgan fingerprint density at radius 2 is 1.62 bits per heavy atom. The van der Waals surface area contributed by atoms with E-state index >= 15 is 0 Å². The lowest BCUT2D eigenvalue weighted by Gasteiger charge is -2.21. The first kappa shape index (κ1) is 28.3. The molecule has 0 aromatic heterocycles. The van der Waals surface area contributed by atoms with Crippen LogP contribution in [-0.2, 0) is 33.3 Å². The molecule has 0 aliphatic heterocycles. The largest absolute Gasteiger partial charge is 0.468 e. The lowest BCUT2D eigenvalue weighted by Crippen LogP contribution is -2.37. The molecule has 1 atom stereocenters. The van der Waals surface area contributed by atoms with Crippen LogP contribution in [0.2, 0.25) is 0 Å². The van der Waals surface area contributed by atoms with Crippen LogP contribution in [0, 0.1) is 5.41 Å². The normalized spacial score (nSPS) is 13.0. The lowest BCUT2D eigenvalue weighted by molar-refractivity contribution is -0.152. The fraction of sp³-hybridized carbons (Fsp3) is 0.842. The van der Waals surface area contributed by atoms with Crippen LogP contribution >= 0.6 is 27.7 Å². The van der Waals surface area contributed by atoms with Gasteiger partial charge in [0.1, 0.15) is 12.0 Å². The van der Waals surface area contributed by atoms with E-state index in [0.29, 0.717) is 38.7 Å². The number of alkyl halides is 1. The molecule has 0 bridgehead atoms. The van der Waals surface area contributed by atoms with Crippen molar-refractivity contribution in [3.63, 3.8) is 0 Å². The molecule has 29 heavy (non-hydrogen) atoms. The number of thioether (sulfide) groups is 1. The van der Waals surface area contributed by atoms with Crippen LogP contribution in [0.3, 0.4) is 0 Å². The summed E-state index contributed by atoms with van der Waals surface area (Å²) in [6.07, 6.45) is 3.65. The molecule has 170 valence electrons. The zero-order valence-electron chi connectivity index (χ0n) is 17.6. The quantitative estimate of drug-likeness (QED) is 0.132. The van der Waals surface area contributed by atoms with Crippen LogP contribution in [-0.4, -0.2) is 81.9 Å². The second-order valence-electron chi connectivity index (χ2n) is 6.52. The van der Waals surface area contributed by atoms with E-state index in [2.05, 4.69) is 21.2 Å². The molecule has 0 aromatic rings. The Balaban J connectivity index is 3.60. The third-order valence-electron chi connectivity index (χ3n) is 4.02. The molecule has 0 rings (SSSR count). The van der Waals surface area contributed by atoms with Gasteiger partial charge in [0.15, 0.2) is 0 Å². The zero-order valence-corrected chi connectivity index (χ0v) is 20.0. The molecule has 10 heteroatoms. The molecule has 1 amide bonds. The van der Waals surface area contributed by atoms with Crippen LogP contribution in [0.15, 0.2) is 0 Å². The van der Waals surface area contributed by atoms with Crippen LogP contribution < -0.4 is 5.32 Å². The molecular weight excluding hydrogens is 466 g/mol. The summed E-state index contributed by atoms with van der Waals surface area (Å²) in [5, 5.41) is 2.86. The number of hydrogen-bond donors (Lipinski definition) is 1. The third kappa shape index (κ3) is 13.3. The molecule has 8 nitrogen and oxygen atoms in total. The fourth-order valence-corrected chi connectivity index (χ4v) is 3.81. The van der Waals surface area contributed by atoms with Crippen molar-refractivity contribution < 1.29 is 33.3 Å². The standard InChI is InChI=1S/C19H34BrNO7S/c1-19(15-20,17(23)26-3)18(24)29-13-7-5-4-6-8-21-16(22)14-28-12-11-27-10-9-25-2/h4-15H2,1-3H3,(H,21,22). The number of halogens is 1. The summed E-state index contributed by atoms with van der Waals surface area (Å²) in [5.74, 6) is -0.00411. The maximum atomic E-state index is 12.2. The van der Waals surface area contributed by atoms with E-state index in [1.807, 2.05) is 0 Å². The minimum absolute atomic E-state index is 0.0267. The van der Waals surface area contributed by atoms with E-state index in [-0.39, 0.29) is 23.0 Å². The van der Waals surface area contributed by atoms with Crippen molar-refractivity contribution in [1.82, 2.24) is 5.32 Å². The first-order valence-corrected chi connectivity index (χ1v) is 11.8. The van der Waals surface area contributed by atoms with E-state index in [1.54, 1.807) is 14.0 Å². The Labute approximate surface area is 186 Å². The fourth-order valence-electron chi connectivity index (χ4n) is 2.13. The van der Waals surface area contributed by atoms with Gasteiger partial charge in [-0.15, -0.1) is 0 Å². The Hall–Kier alpha value is -0.680. The number of rotatable bonds is 18. The predicted molar refractivity (Wildman–Crippen MR) is 116 cm³/mol. The van der Waals surface area contributed by atoms with Gasteiger partial charge in [-0.3, -0.25) is 14.4 Å². The van der Waals surface area contributed by atoms with Crippen molar-refractivity contribution in [1.29, 1.82) is 0 Å². The van der Waals surface area contributed by atoms with Crippen molar-refractivity contribution in [2.75, 3.05) is 64.9 Å². The third-order valence-corrected chi connectivity index (χ3v) is 6.34. The predicted octanol–water partition coefficient (Wildman–Crippen LogP) is 2.18. The van der Waals surface area contributed by atoms with Crippen LogP contribution in [0.25, 0.3) is 0 Å². The number of amides is 1. The Morgan fingerprint density at radius 1 is 0.966 bits per heavy atom. The van der Waals surface area contributed by atoms with Gasteiger partial charge in [0.25, 0.3) is 0 Å². The summed E-state index contributed by atoms with van der Waals surface area (Å²) >= 11 is 4.38. The SMILES string of the molecule is COCCOCCOCC(=O)NCCCCCCSC(=O)C(C)(CBr)C(=O)OC. The number of unbranched alkanes of at least 4 members (excludes halogenated alkanes) is 3. The maximum Gasteiger partial charge on any atom is 0.320 e. The molecule has 0 radical (unpaired) electrons. The first-order valence-electron chi connectivity index (χ1n) is 9.65. The lowest BCUT2D eigenvalue weighted by atomic mass is 9.96. The summed E-state index contributed by atoms with van der Waals surface area (Å²) in [4.78, 5) is 35.6. The van der Waals surface area contributed by atoms with E-state index in [9.17, 15) is 14.4 Å². The van der Waals surface area contributed by atoms with E-state index < -0.39 is 11.4 Å². The Bertz CT molecular complexity index is 481. The van der Waals surface area contributed by atoms with Gasteiger partial charge < -0.3 is 24.3 Å². The number of hydrogen-bond acceptors (Lipinski definition) is 8. The number of esters is 1. The van der Waals surface area contributed by atoms with E-state index in [1.165, 1.54) is 7.11 Å². The molecule has 0 saturated carbocycles. The van der Waals surface area contributed by atoms with Crippen LogP contribution in [0.4, 0.5) is 0 Å². The highest BCUT2D eigenvalue weighted by Crippen LogP contribution is 2.29. The smallest absolute Gasteiger partial charge is 0.320 e. The summed E-state index contributed by atoms with van der Waals surface area (Å²) in [6.45, 7) is 4.08. The second kappa shape index (κ2) is 18.1. The maximum absolute atomic E-state index is 12.2. The number of nitrogens with one attached hydrogen (secondary N) is 1. The van der Waals surface area contributed by atoms with Gasteiger partial charge in [-0.05, 0) is 19.8 Å². The van der Waals surface area contributed by atoms with Gasteiger partial charge >= 0.3 is 5.97 Å². The number of carbonyl (C=O) groups is 3. The van der Waals surface area contributed by atoms with Crippen LogP contribution in [0.1, 0.15) is 32.6 Å². The first-order chi connectivity index (χ1) is 13.9. The molecule has 0 aromatic carbocycles. The second-order valence-corrected chi connectivity index (χ2v) is 8.14. The monoisotopic (exact) mass is 499 g/mol. The molecule has 0 saturated heterocycles. The van der Waals surface area contributed by atoms with Gasteiger partial charge in [0.05, 0.1) is 33.5 Å². The number of ether oxygens (including phenoxy) is 4. The average molecular weight is 500 g/mol. The number of methoxy groups -OCH3 is 2. The summed E-state index contributed by atoms with van der Waals surface area (Å²) in [6, 6.07) is 0. The van der Waals surface area contributed by atoms with Crippen molar-refractivity contribution in [2.24, 2.45) is 5.41 Å². The minimum Gasteiger partial charge on any atom is -0.468 e. The van der Waals surface area contributed by atoms with Gasteiger partial charge in [0, 0.05) is 24.7 Å². The highest BCUT2D eigenvalue weighted by atomic mass is 79.9. The van der Waals surface area contributed by atoms with Gasteiger partial charge in [0.2, 0.25) is 11.0 Å². The Morgan fingerprint density at radius 3 is 2.28 bits per heavy atom. The van der Waals surface area contributed by atoms with Crippen molar-refractivity contribution in [3.05, 3.63) is 0 Å². The van der Waals surface area contributed by atoms with Gasteiger partial charge in [-0.25, -0.2) is 0 Å². The van der Waals surface area contributed by atoms with Crippen molar-refractivity contribution >= 4 is 44.7 Å². The van der Waals surface area contributed by atoms with Crippen molar-refractivity contribution in [3.8, 4) is 0 Å². The average Bonchev–Trinajstić information content (AvgIpc) is 2.73. The van der Waals surface area contributed by atoms with E-state index in [0.717, 1.165) is 37.4 Å². The van der Waals surface area contributed by atoms with Gasteiger partial charge in [-0.2, -0.15) is 0 Å². The van der Waals surface area contributed by atoms with E-state index in [4.69, 9.17) is 18.9 Å². The summed E-state index contributed by atoms with van der Waals surface area (Å²) < 4.78 is 20.0. The molecule has 0 fully saturated rings. The van der Waals surface area contributed by atoms with Crippen LogP contribution in [0.5, 0.6) is 0 Å². The van der Waals surface area contributed by atoms with Gasteiger partial charge in [-0.1, -0.05) is 40.5 Å². The topological polar surface area (TPSA) is 100 Å². The minimum atomic E-state index is -1.15. The molecule has 0 aliphatic carbocycles. The Kier molecular flexibility index (Phi) is 17.7. The molecule has 1 N–H and O–H groups in total. The molecule has 1 unspecified atom stereocenters. The zero-order chi connectivity index (χ0) is 22.0. The van der Waals surface area contributed by atoms with Crippen molar-refractivity contribution in [2.45, 2.75) is 32.6 Å². The molecule has 0 aliphatic rings.